The minimum absolute atomic E-state index is 0.501. The molecular formula is C17H32OP2. The van der Waals surface area contributed by atoms with Crippen LogP contribution in [0.25, 0.3) is 0 Å². The molecule has 1 nitrogen and oxygen atoms in total. The normalized spacial score (nSPS) is 14.9. The second-order valence-electron chi connectivity index (χ2n) is 5.59. The Hall–Kier alpha value is 0.0400. The number of allylic oxidation sites excluding steroid dienone is 5. The molecule has 0 spiro atoms. The Balaban J connectivity index is 4.27. The maximum absolute atomic E-state index is 5.39. The monoisotopic (exact) mass is 314 g/mol. The van der Waals surface area contributed by atoms with Crippen LogP contribution in [0.5, 0.6) is 0 Å². The van der Waals surface area contributed by atoms with Gasteiger partial charge in [-0.2, -0.15) is 0 Å². The van der Waals surface area contributed by atoms with Crippen LogP contribution in [-0.4, -0.2) is 6.61 Å². The fourth-order valence-electron chi connectivity index (χ4n) is 2.10. The average molecular weight is 314 g/mol. The molecule has 0 saturated heterocycles. The van der Waals surface area contributed by atoms with Crippen LogP contribution in [0, 0.1) is 5.92 Å². The molecule has 0 heterocycles. The van der Waals surface area contributed by atoms with Crippen LogP contribution >= 0.6 is 17.4 Å². The van der Waals surface area contributed by atoms with Crippen LogP contribution in [0.3, 0.4) is 0 Å². The van der Waals surface area contributed by atoms with E-state index in [0.717, 1.165) is 13.0 Å². The zero-order valence-electron chi connectivity index (χ0n) is 13.8. The highest BCUT2D eigenvalue weighted by Gasteiger charge is 2.06. The Morgan fingerprint density at radius 2 is 1.85 bits per heavy atom. The van der Waals surface area contributed by atoms with Crippen LogP contribution in [-0.2, 0) is 4.52 Å². The van der Waals surface area contributed by atoms with Gasteiger partial charge in [-0.15, -0.1) is 0 Å². The highest BCUT2D eigenvalue weighted by atomic mass is 32.0. The third-order valence-corrected chi connectivity index (χ3v) is 4.38. The van der Waals surface area contributed by atoms with Gasteiger partial charge in [-0.1, -0.05) is 50.8 Å². The van der Waals surface area contributed by atoms with Crippen LogP contribution < -0.4 is 0 Å². The van der Waals surface area contributed by atoms with Gasteiger partial charge in [0, 0.05) is 8.50 Å². The number of hydrogen-bond acceptors (Lipinski definition) is 1. The highest BCUT2D eigenvalue weighted by Crippen LogP contribution is 2.23. The summed E-state index contributed by atoms with van der Waals surface area (Å²) >= 11 is 0. The molecule has 0 aliphatic heterocycles. The van der Waals surface area contributed by atoms with E-state index < -0.39 is 0 Å². The molecule has 0 aromatic rings. The molecule has 0 N–H and O–H groups in total. The van der Waals surface area contributed by atoms with E-state index in [1.165, 1.54) is 36.0 Å². The summed E-state index contributed by atoms with van der Waals surface area (Å²) in [5, 5.41) is 0. The fourth-order valence-corrected chi connectivity index (χ4v) is 2.56. The predicted molar refractivity (Wildman–Crippen MR) is 98.6 cm³/mol. The largest absolute Gasteiger partial charge is 0.354 e. The first kappa shape index (κ1) is 20.0. The molecule has 0 amide bonds. The molecule has 0 bridgehead atoms. The van der Waals surface area contributed by atoms with Crippen LogP contribution in [0.15, 0.2) is 34.9 Å². The van der Waals surface area contributed by atoms with Gasteiger partial charge in [0.15, 0.2) is 0 Å². The molecule has 0 aliphatic rings. The summed E-state index contributed by atoms with van der Waals surface area (Å²) in [6, 6.07) is 0. The molecule has 0 aliphatic carbocycles. The van der Waals surface area contributed by atoms with Gasteiger partial charge >= 0.3 is 0 Å². The second kappa shape index (κ2) is 12.8. The van der Waals surface area contributed by atoms with E-state index in [-0.39, 0.29) is 0 Å². The van der Waals surface area contributed by atoms with Crippen molar-refractivity contribution in [2.45, 2.75) is 60.3 Å². The molecule has 20 heavy (non-hydrogen) atoms. The van der Waals surface area contributed by atoms with E-state index in [2.05, 4.69) is 61.8 Å². The molecule has 0 radical (unpaired) electrons. The van der Waals surface area contributed by atoms with Crippen molar-refractivity contribution in [1.82, 2.24) is 0 Å². The van der Waals surface area contributed by atoms with E-state index >= 15 is 0 Å². The van der Waals surface area contributed by atoms with Gasteiger partial charge in [0.1, 0.15) is 0 Å². The quantitative estimate of drug-likeness (QED) is 0.256. The zero-order valence-corrected chi connectivity index (χ0v) is 16.0. The molecule has 3 heteroatoms. The first-order valence-electron chi connectivity index (χ1n) is 7.54. The second-order valence-corrected chi connectivity index (χ2v) is 6.82. The van der Waals surface area contributed by atoms with Crippen molar-refractivity contribution >= 4 is 17.4 Å². The Labute approximate surface area is 130 Å². The van der Waals surface area contributed by atoms with E-state index in [9.17, 15) is 0 Å². The van der Waals surface area contributed by atoms with Crippen LogP contribution in [0.2, 0.25) is 0 Å². The summed E-state index contributed by atoms with van der Waals surface area (Å²) in [5.74, 6) is 0.657. The maximum atomic E-state index is 5.39. The third kappa shape index (κ3) is 10.8. The van der Waals surface area contributed by atoms with Gasteiger partial charge in [-0.3, -0.25) is 0 Å². The Kier molecular flexibility index (Phi) is 12.8. The molecular weight excluding hydrogens is 282 g/mol. The zero-order chi connectivity index (χ0) is 15.4. The van der Waals surface area contributed by atoms with Gasteiger partial charge in [0.05, 0.1) is 6.61 Å². The lowest BCUT2D eigenvalue weighted by atomic mass is 9.92. The van der Waals surface area contributed by atoms with Crippen molar-refractivity contribution in [1.29, 1.82) is 0 Å². The SMILES string of the molecule is CCC(CC=C(C)CCC=C(C)C)C(C)=CCOPP. The molecule has 0 aromatic carbocycles. The van der Waals surface area contributed by atoms with E-state index in [4.69, 9.17) is 4.52 Å². The van der Waals surface area contributed by atoms with Crippen molar-refractivity contribution in [2.24, 2.45) is 5.92 Å². The predicted octanol–water partition coefficient (Wildman–Crippen LogP) is 6.44. The van der Waals surface area contributed by atoms with Gasteiger partial charge in [-0.05, 0) is 59.3 Å². The Bertz CT molecular complexity index is 339. The average Bonchev–Trinajstić information content (AvgIpc) is 2.39. The molecule has 0 fully saturated rings. The van der Waals surface area contributed by atoms with Gasteiger partial charge in [-0.25, -0.2) is 0 Å². The summed E-state index contributed by atoms with van der Waals surface area (Å²) < 4.78 is 5.39. The summed E-state index contributed by atoms with van der Waals surface area (Å²) in [4.78, 5) is 0. The fraction of sp³-hybridized carbons (Fsp3) is 0.647. The molecule has 0 aromatic heterocycles. The minimum Gasteiger partial charge on any atom is -0.354 e. The van der Waals surface area contributed by atoms with E-state index in [0.29, 0.717) is 14.4 Å². The summed E-state index contributed by atoms with van der Waals surface area (Å²) in [6.07, 6.45) is 11.7. The standard InChI is InChI=1S/C17H32OP2/c1-6-17(16(5)12-13-18-20-19)11-10-15(4)9-7-8-14(2)3/h8,10,12,17,20H,6-7,9,11,13,19H2,1-5H3. The number of rotatable bonds is 10. The van der Waals surface area contributed by atoms with E-state index in [1.54, 1.807) is 0 Å². The molecule has 0 saturated carbocycles. The highest BCUT2D eigenvalue weighted by molar-refractivity contribution is 8.00. The lowest BCUT2D eigenvalue weighted by molar-refractivity contribution is 0.420. The summed E-state index contributed by atoms with van der Waals surface area (Å²) in [6.45, 7) is 11.8. The van der Waals surface area contributed by atoms with Crippen molar-refractivity contribution < 1.29 is 4.52 Å². The smallest absolute Gasteiger partial charge is 0.0693 e. The molecule has 3 unspecified atom stereocenters. The topological polar surface area (TPSA) is 9.23 Å². The van der Waals surface area contributed by atoms with Crippen LogP contribution in [0.4, 0.5) is 0 Å². The lowest BCUT2D eigenvalue weighted by Crippen LogP contribution is -2.00. The van der Waals surface area contributed by atoms with E-state index in [1.807, 2.05) is 0 Å². The number of hydrogen-bond donors (Lipinski definition) is 0. The Morgan fingerprint density at radius 3 is 2.40 bits per heavy atom. The summed E-state index contributed by atoms with van der Waals surface area (Å²) in [5.41, 5.74) is 4.39. The maximum Gasteiger partial charge on any atom is 0.0693 e. The van der Waals surface area contributed by atoms with Crippen LogP contribution in [0.1, 0.15) is 60.3 Å². The first-order chi connectivity index (χ1) is 9.51. The first-order valence-corrected chi connectivity index (χ1v) is 10.3. The van der Waals surface area contributed by atoms with Gasteiger partial charge in [0.25, 0.3) is 0 Å². The third-order valence-electron chi connectivity index (χ3n) is 3.55. The molecule has 116 valence electrons. The van der Waals surface area contributed by atoms with Crippen molar-refractivity contribution in [3.63, 3.8) is 0 Å². The van der Waals surface area contributed by atoms with Crippen molar-refractivity contribution in [3.05, 3.63) is 34.9 Å². The lowest BCUT2D eigenvalue weighted by Gasteiger charge is -2.14. The summed E-state index contributed by atoms with van der Waals surface area (Å²) in [7, 11) is 3.12. The van der Waals surface area contributed by atoms with Crippen molar-refractivity contribution in [3.8, 4) is 0 Å². The van der Waals surface area contributed by atoms with Crippen molar-refractivity contribution in [2.75, 3.05) is 6.61 Å². The minimum atomic E-state index is 0.501. The van der Waals surface area contributed by atoms with Gasteiger partial charge < -0.3 is 4.52 Å². The van der Waals surface area contributed by atoms with Gasteiger partial charge in [0.2, 0.25) is 0 Å². The Morgan fingerprint density at radius 1 is 1.15 bits per heavy atom. The molecule has 3 atom stereocenters. The molecule has 0 rings (SSSR count).